The number of nitriles is 1. The van der Waals surface area contributed by atoms with E-state index in [0.29, 0.717) is 0 Å². The van der Waals surface area contributed by atoms with E-state index in [1.165, 1.54) is 30.5 Å². The molecule has 0 radical (unpaired) electrons. The van der Waals surface area contributed by atoms with Crippen molar-refractivity contribution in [1.29, 1.82) is 5.26 Å². The molecule has 8 heteroatoms. The van der Waals surface area contributed by atoms with Crippen LogP contribution in [0.2, 0.25) is 0 Å². The van der Waals surface area contributed by atoms with E-state index in [1.54, 1.807) is 0 Å². The van der Waals surface area contributed by atoms with Gasteiger partial charge in [-0.3, -0.25) is 9.89 Å². The van der Waals surface area contributed by atoms with Crippen LogP contribution in [0.25, 0.3) is 0 Å². The van der Waals surface area contributed by atoms with Gasteiger partial charge in [0.05, 0.1) is 11.1 Å². The first-order chi connectivity index (χ1) is 9.41. The van der Waals surface area contributed by atoms with E-state index < -0.39 is 15.7 Å². The normalized spacial score (nSPS) is 10.8. The lowest BCUT2D eigenvalue weighted by Crippen LogP contribution is -2.13. The third-order valence-corrected chi connectivity index (χ3v) is 3.67. The van der Waals surface area contributed by atoms with Gasteiger partial charge < -0.3 is 5.32 Å². The SMILES string of the molecule is CS(=O)(=O)c1ccc(C(=O)Nc2[nH]ncc2C#N)cc1. The molecule has 0 saturated carbocycles. The molecule has 20 heavy (non-hydrogen) atoms. The summed E-state index contributed by atoms with van der Waals surface area (Å²) in [5.74, 6) is -0.268. The minimum absolute atomic E-state index is 0.133. The lowest BCUT2D eigenvalue weighted by molar-refractivity contribution is 0.102. The van der Waals surface area contributed by atoms with E-state index in [4.69, 9.17) is 5.26 Å². The van der Waals surface area contributed by atoms with Gasteiger partial charge in [0.15, 0.2) is 9.84 Å². The molecule has 2 rings (SSSR count). The molecule has 0 atom stereocenters. The van der Waals surface area contributed by atoms with Crippen molar-refractivity contribution in [3.05, 3.63) is 41.6 Å². The molecule has 2 aromatic rings. The minimum Gasteiger partial charge on any atom is -0.306 e. The summed E-state index contributed by atoms with van der Waals surface area (Å²) in [7, 11) is -3.30. The zero-order valence-electron chi connectivity index (χ0n) is 10.4. The first-order valence-electron chi connectivity index (χ1n) is 5.47. The number of nitrogens with one attached hydrogen (secondary N) is 2. The first-order valence-corrected chi connectivity index (χ1v) is 7.36. The zero-order chi connectivity index (χ0) is 14.8. The minimum atomic E-state index is -3.30. The molecule has 102 valence electrons. The molecule has 1 aromatic carbocycles. The lowest BCUT2D eigenvalue weighted by Gasteiger charge is -2.04. The Balaban J connectivity index is 2.21. The van der Waals surface area contributed by atoms with Crippen molar-refractivity contribution in [2.24, 2.45) is 0 Å². The van der Waals surface area contributed by atoms with Gasteiger partial charge in [-0.25, -0.2) is 8.42 Å². The van der Waals surface area contributed by atoms with E-state index in [2.05, 4.69) is 15.5 Å². The largest absolute Gasteiger partial charge is 0.306 e. The van der Waals surface area contributed by atoms with Crippen molar-refractivity contribution < 1.29 is 13.2 Å². The summed E-state index contributed by atoms with van der Waals surface area (Å²) in [6, 6.07) is 7.37. The second-order valence-electron chi connectivity index (χ2n) is 4.02. The fourth-order valence-electron chi connectivity index (χ4n) is 1.51. The van der Waals surface area contributed by atoms with Gasteiger partial charge in [0, 0.05) is 11.8 Å². The molecule has 0 spiro atoms. The van der Waals surface area contributed by atoms with E-state index in [-0.39, 0.29) is 21.8 Å². The second-order valence-corrected chi connectivity index (χ2v) is 6.04. The number of carbonyl (C=O) groups excluding carboxylic acids is 1. The van der Waals surface area contributed by atoms with Crippen LogP contribution in [-0.4, -0.2) is 30.8 Å². The highest BCUT2D eigenvalue weighted by Crippen LogP contribution is 2.13. The average molecular weight is 290 g/mol. The Morgan fingerprint density at radius 2 is 2.00 bits per heavy atom. The highest BCUT2D eigenvalue weighted by atomic mass is 32.2. The maximum Gasteiger partial charge on any atom is 0.256 e. The number of benzene rings is 1. The number of H-pyrrole nitrogens is 1. The van der Waals surface area contributed by atoms with Crippen LogP contribution in [0.15, 0.2) is 35.4 Å². The molecule has 1 amide bonds. The fourth-order valence-corrected chi connectivity index (χ4v) is 2.14. The fraction of sp³-hybridized carbons (Fsp3) is 0.0833. The van der Waals surface area contributed by atoms with Crippen molar-refractivity contribution in [1.82, 2.24) is 10.2 Å². The summed E-state index contributed by atoms with van der Waals surface area (Å²) in [5.41, 5.74) is 0.488. The van der Waals surface area contributed by atoms with E-state index >= 15 is 0 Å². The molecule has 0 aliphatic heterocycles. The van der Waals surface area contributed by atoms with Crippen molar-refractivity contribution in [2.75, 3.05) is 11.6 Å². The Labute approximate surface area is 115 Å². The summed E-state index contributed by atoms with van der Waals surface area (Å²) in [5, 5.41) is 17.4. The van der Waals surface area contributed by atoms with Gasteiger partial charge in [-0.2, -0.15) is 10.4 Å². The molecule has 0 saturated heterocycles. The highest BCUT2D eigenvalue weighted by molar-refractivity contribution is 7.90. The van der Waals surface area contributed by atoms with Crippen LogP contribution in [0.4, 0.5) is 5.82 Å². The van der Waals surface area contributed by atoms with Crippen LogP contribution < -0.4 is 5.32 Å². The maximum atomic E-state index is 11.9. The van der Waals surface area contributed by atoms with Gasteiger partial charge in [-0.05, 0) is 24.3 Å². The first kappa shape index (κ1) is 13.8. The quantitative estimate of drug-likeness (QED) is 0.872. The number of anilines is 1. The number of carbonyl (C=O) groups is 1. The van der Waals surface area contributed by atoms with Crippen LogP contribution in [0.5, 0.6) is 0 Å². The second kappa shape index (κ2) is 5.14. The van der Waals surface area contributed by atoms with Gasteiger partial charge in [-0.15, -0.1) is 0 Å². The standard InChI is InChI=1S/C12H10N4O3S/c1-20(18,19)10-4-2-8(3-5-10)12(17)15-11-9(6-13)7-14-16-11/h2-5,7H,1H3,(H2,14,15,16,17). The van der Waals surface area contributed by atoms with Crippen LogP contribution in [0, 0.1) is 11.3 Å². The topological polar surface area (TPSA) is 116 Å². The summed E-state index contributed by atoms with van der Waals surface area (Å²) in [4.78, 5) is 12.1. The van der Waals surface area contributed by atoms with Gasteiger partial charge in [-0.1, -0.05) is 0 Å². The van der Waals surface area contributed by atoms with Crippen LogP contribution in [0.1, 0.15) is 15.9 Å². The van der Waals surface area contributed by atoms with Crippen LogP contribution >= 0.6 is 0 Å². The number of aromatic amines is 1. The molecule has 0 unspecified atom stereocenters. The Hall–Kier alpha value is -2.66. The molecule has 0 aliphatic carbocycles. The molecule has 2 N–H and O–H groups in total. The average Bonchev–Trinajstić information content (AvgIpc) is 2.85. The molecule has 0 bridgehead atoms. The molecular formula is C12H10N4O3S. The Morgan fingerprint density at radius 3 is 2.55 bits per heavy atom. The van der Waals surface area contributed by atoms with Gasteiger partial charge >= 0.3 is 0 Å². The van der Waals surface area contributed by atoms with E-state index in [1.807, 2.05) is 6.07 Å². The monoisotopic (exact) mass is 290 g/mol. The number of hydrogen-bond acceptors (Lipinski definition) is 5. The molecule has 0 aliphatic rings. The Morgan fingerprint density at radius 1 is 1.35 bits per heavy atom. The maximum absolute atomic E-state index is 11.9. The number of sulfone groups is 1. The number of hydrogen-bond donors (Lipinski definition) is 2. The van der Waals surface area contributed by atoms with Crippen molar-refractivity contribution in [3.63, 3.8) is 0 Å². The summed E-state index contributed by atoms with van der Waals surface area (Å²) in [6.45, 7) is 0. The number of rotatable bonds is 3. The lowest BCUT2D eigenvalue weighted by atomic mass is 10.2. The predicted molar refractivity (Wildman–Crippen MR) is 70.8 cm³/mol. The number of aromatic nitrogens is 2. The van der Waals surface area contributed by atoms with E-state index in [9.17, 15) is 13.2 Å². The summed E-state index contributed by atoms with van der Waals surface area (Å²) >= 11 is 0. The molecule has 1 heterocycles. The Kier molecular flexibility index (Phi) is 3.54. The molecule has 0 fully saturated rings. The predicted octanol–water partition coefficient (Wildman–Crippen LogP) is 0.937. The van der Waals surface area contributed by atoms with Crippen molar-refractivity contribution >= 4 is 21.6 Å². The van der Waals surface area contributed by atoms with Gasteiger partial charge in [0.1, 0.15) is 17.5 Å². The van der Waals surface area contributed by atoms with Crippen molar-refractivity contribution in [2.45, 2.75) is 4.90 Å². The smallest absolute Gasteiger partial charge is 0.256 e. The van der Waals surface area contributed by atoms with Crippen LogP contribution in [-0.2, 0) is 9.84 Å². The highest BCUT2D eigenvalue weighted by Gasteiger charge is 2.12. The molecular weight excluding hydrogens is 280 g/mol. The van der Waals surface area contributed by atoms with E-state index in [0.717, 1.165) is 6.26 Å². The third kappa shape index (κ3) is 2.84. The Bertz CT molecular complexity index is 785. The van der Waals surface area contributed by atoms with Gasteiger partial charge in [0.2, 0.25) is 0 Å². The zero-order valence-corrected chi connectivity index (χ0v) is 11.2. The number of amides is 1. The third-order valence-electron chi connectivity index (χ3n) is 2.54. The van der Waals surface area contributed by atoms with Crippen molar-refractivity contribution in [3.8, 4) is 6.07 Å². The molecule has 7 nitrogen and oxygen atoms in total. The van der Waals surface area contributed by atoms with Crippen LogP contribution in [0.3, 0.4) is 0 Å². The number of nitrogens with zero attached hydrogens (tertiary/aromatic N) is 2. The summed E-state index contributed by atoms with van der Waals surface area (Å²) < 4.78 is 22.6. The summed E-state index contributed by atoms with van der Waals surface area (Å²) in [6.07, 6.45) is 2.38. The molecule has 1 aromatic heterocycles. The van der Waals surface area contributed by atoms with Gasteiger partial charge in [0.25, 0.3) is 5.91 Å².